The quantitative estimate of drug-likeness (QED) is 0.710. The van der Waals surface area contributed by atoms with Gasteiger partial charge in [0.2, 0.25) is 5.91 Å². The second kappa shape index (κ2) is 7.85. The Bertz CT molecular complexity index is 572. The molecule has 1 aromatic rings. The van der Waals surface area contributed by atoms with E-state index in [1.165, 1.54) is 10.6 Å². The topological polar surface area (TPSA) is 64.6 Å². The number of nitrogens with zero attached hydrogens (tertiary/aromatic N) is 1. The van der Waals surface area contributed by atoms with Crippen LogP contribution in [0.1, 0.15) is 52.5 Å². The van der Waals surface area contributed by atoms with Crippen LogP contribution in [-0.4, -0.2) is 46.4 Å². The fraction of sp³-hybridized carbons (Fsp3) is 0.650. The third kappa shape index (κ3) is 4.81. The highest BCUT2D eigenvalue weighted by Crippen LogP contribution is 2.39. The van der Waals surface area contributed by atoms with E-state index >= 15 is 0 Å². The van der Waals surface area contributed by atoms with E-state index < -0.39 is 5.54 Å². The largest absolute Gasteiger partial charge is 0.351 e. The van der Waals surface area contributed by atoms with Gasteiger partial charge in [0.25, 0.3) is 0 Å². The maximum absolute atomic E-state index is 12.4. The third-order valence-corrected chi connectivity index (χ3v) is 5.46. The molecular formula is C20H33N3O2. The van der Waals surface area contributed by atoms with Crippen LogP contribution >= 0.6 is 0 Å². The molecule has 0 saturated carbocycles. The second-order valence-electron chi connectivity index (χ2n) is 8.32. The molecule has 3 N–H and O–H groups in total. The molecule has 5 heteroatoms. The first-order valence-electron chi connectivity index (χ1n) is 9.16. The summed E-state index contributed by atoms with van der Waals surface area (Å²) in [6.45, 7) is 7.94. The van der Waals surface area contributed by atoms with Crippen molar-refractivity contribution in [2.24, 2.45) is 0 Å². The number of nitrogens with one attached hydrogen (secondary N) is 2. The minimum Gasteiger partial charge on any atom is -0.351 e. The van der Waals surface area contributed by atoms with Crippen molar-refractivity contribution in [3.63, 3.8) is 0 Å². The summed E-state index contributed by atoms with van der Waals surface area (Å²) in [5.41, 5.74) is 0.477. The monoisotopic (exact) mass is 347 g/mol. The SMILES string of the molecule is CNC(CCC(=O)NC1CC(C)(C)N(O)C1(C)C)Cc1ccccc1. The van der Waals surface area contributed by atoms with Gasteiger partial charge in [-0.2, -0.15) is 5.06 Å². The molecule has 2 atom stereocenters. The number of rotatable bonds is 7. The van der Waals surface area contributed by atoms with E-state index in [-0.39, 0.29) is 23.5 Å². The molecule has 2 rings (SSSR count). The Labute approximate surface area is 151 Å². The van der Waals surface area contributed by atoms with Crippen molar-refractivity contribution in [3.8, 4) is 0 Å². The average Bonchev–Trinajstić information content (AvgIpc) is 2.72. The molecule has 0 spiro atoms. The van der Waals surface area contributed by atoms with Crippen LogP contribution < -0.4 is 10.6 Å². The Balaban J connectivity index is 1.85. The number of likely N-dealkylation sites (N-methyl/N-ethyl adjacent to an activating group) is 1. The normalized spacial score (nSPS) is 23.4. The Morgan fingerprint density at radius 1 is 1.28 bits per heavy atom. The van der Waals surface area contributed by atoms with E-state index in [1.807, 2.05) is 52.9 Å². The maximum Gasteiger partial charge on any atom is 0.220 e. The summed E-state index contributed by atoms with van der Waals surface area (Å²) < 4.78 is 0. The van der Waals surface area contributed by atoms with E-state index in [2.05, 4.69) is 22.8 Å². The molecular weight excluding hydrogens is 314 g/mol. The highest BCUT2D eigenvalue weighted by atomic mass is 16.5. The summed E-state index contributed by atoms with van der Waals surface area (Å²) in [4.78, 5) is 12.4. The fourth-order valence-corrected chi connectivity index (χ4v) is 3.81. The highest BCUT2D eigenvalue weighted by Gasteiger charge is 2.51. The number of carbonyl (C=O) groups is 1. The van der Waals surface area contributed by atoms with Gasteiger partial charge in [-0.25, -0.2) is 0 Å². The van der Waals surface area contributed by atoms with Crippen LogP contribution in [0.4, 0.5) is 0 Å². The molecule has 5 nitrogen and oxygen atoms in total. The van der Waals surface area contributed by atoms with E-state index in [9.17, 15) is 10.0 Å². The molecule has 1 aliphatic rings. The molecule has 2 unspecified atom stereocenters. The third-order valence-electron chi connectivity index (χ3n) is 5.46. The molecule has 0 radical (unpaired) electrons. The van der Waals surface area contributed by atoms with Crippen LogP contribution in [-0.2, 0) is 11.2 Å². The number of hydroxylamine groups is 2. The van der Waals surface area contributed by atoms with Gasteiger partial charge in [-0.1, -0.05) is 30.3 Å². The molecule has 0 bridgehead atoms. The first-order chi connectivity index (χ1) is 11.7. The summed E-state index contributed by atoms with van der Waals surface area (Å²) >= 11 is 0. The molecule has 1 amide bonds. The number of benzene rings is 1. The average molecular weight is 348 g/mol. The summed E-state index contributed by atoms with van der Waals surface area (Å²) in [7, 11) is 1.94. The Hall–Kier alpha value is -1.43. The molecule has 1 aliphatic heterocycles. The zero-order chi connectivity index (χ0) is 18.7. The molecule has 1 aromatic carbocycles. The van der Waals surface area contributed by atoms with Crippen LogP contribution in [0, 0.1) is 0 Å². The lowest BCUT2D eigenvalue weighted by molar-refractivity contribution is -0.194. The van der Waals surface area contributed by atoms with Crippen molar-refractivity contribution in [2.45, 2.75) is 76.5 Å². The smallest absolute Gasteiger partial charge is 0.220 e. The maximum atomic E-state index is 12.4. The summed E-state index contributed by atoms with van der Waals surface area (Å²) in [5, 5.41) is 18.2. The Kier molecular flexibility index (Phi) is 6.25. The summed E-state index contributed by atoms with van der Waals surface area (Å²) in [5.74, 6) is 0.0532. The molecule has 140 valence electrons. The summed E-state index contributed by atoms with van der Waals surface area (Å²) in [6, 6.07) is 10.5. The van der Waals surface area contributed by atoms with Gasteiger partial charge in [-0.3, -0.25) is 4.79 Å². The van der Waals surface area contributed by atoms with Gasteiger partial charge in [0.1, 0.15) is 0 Å². The molecule has 1 heterocycles. The Morgan fingerprint density at radius 2 is 1.92 bits per heavy atom. The minimum atomic E-state index is -0.467. The number of carbonyl (C=O) groups excluding carboxylic acids is 1. The first-order valence-corrected chi connectivity index (χ1v) is 9.16. The zero-order valence-corrected chi connectivity index (χ0v) is 16.2. The van der Waals surface area contributed by atoms with Crippen LogP contribution in [0.15, 0.2) is 30.3 Å². The lowest BCUT2D eigenvalue weighted by Crippen LogP contribution is -2.53. The first kappa shape index (κ1) is 19.9. The van der Waals surface area contributed by atoms with Gasteiger partial charge in [-0.15, -0.1) is 0 Å². The van der Waals surface area contributed by atoms with E-state index in [0.29, 0.717) is 6.42 Å². The van der Waals surface area contributed by atoms with Crippen molar-refractivity contribution in [1.29, 1.82) is 0 Å². The van der Waals surface area contributed by atoms with Crippen LogP contribution in [0.5, 0.6) is 0 Å². The van der Waals surface area contributed by atoms with Gasteiger partial charge < -0.3 is 15.8 Å². The molecule has 0 aliphatic carbocycles. The van der Waals surface area contributed by atoms with Crippen molar-refractivity contribution in [2.75, 3.05) is 7.05 Å². The number of amides is 1. The molecule has 0 aromatic heterocycles. The molecule has 25 heavy (non-hydrogen) atoms. The van der Waals surface area contributed by atoms with Crippen LogP contribution in [0.25, 0.3) is 0 Å². The predicted molar refractivity (Wildman–Crippen MR) is 101 cm³/mol. The minimum absolute atomic E-state index is 0.0532. The van der Waals surface area contributed by atoms with Crippen molar-refractivity contribution < 1.29 is 10.0 Å². The van der Waals surface area contributed by atoms with Crippen molar-refractivity contribution in [1.82, 2.24) is 15.7 Å². The van der Waals surface area contributed by atoms with Crippen LogP contribution in [0.2, 0.25) is 0 Å². The van der Waals surface area contributed by atoms with Crippen molar-refractivity contribution in [3.05, 3.63) is 35.9 Å². The number of hydrogen-bond donors (Lipinski definition) is 3. The molecule has 1 saturated heterocycles. The lowest BCUT2D eigenvalue weighted by atomic mass is 9.94. The van der Waals surface area contributed by atoms with Crippen LogP contribution in [0.3, 0.4) is 0 Å². The fourth-order valence-electron chi connectivity index (χ4n) is 3.81. The van der Waals surface area contributed by atoms with Gasteiger partial charge in [-0.05, 0) is 59.6 Å². The summed E-state index contributed by atoms with van der Waals surface area (Å²) in [6.07, 6.45) is 2.92. The highest BCUT2D eigenvalue weighted by molar-refractivity contribution is 5.76. The predicted octanol–water partition coefficient (Wildman–Crippen LogP) is 2.73. The number of hydrogen-bond acceptors (Lipinski definition) is 4. The second-order valence-corrected chi connectivity index (χ2v) is 8.32. The van der Waals surface area contributed by atoms with Gasteiger partial charge >= 0.3 is 0 Å². The Morgan fingerprint density at radius 3 is 2.44 bits per heavy atom. The van der Waals surface area contributed by atoms with Gasteiger partial charge in [0.15, 0.2) is 0 Å². The van der Waals surface area contributed by atoms with Gasteiger partial charge in [0.05, 0.1) is 11.6 Å². The zero-order valence-electron chi connectivity index (χ0n) is 16.2. The van der Waals surface area contributed by atoms with E-state index in [0.717, 1.165) is 19.3 Å². The van der Waals surface area contributed by atoms with E-state index in [4.69, 9.17) is 0 Å². The van der Waals surface area contributed by atoms with Crippen molar-refractivity contribution >= 4 is 5.91 Å². The van der Waals surface area contributed by atoms with Gasteiger partial charge in [0, 0.05) is 18.0 Å². The lowest BCUT2D eigenvalue weighted by Gasteiger charge is -2.35. The van der Waals surface area contributed by atoms with E-state index in [1.54, 1.807) is 0 Å². The molecule has 1 fully saturated rings. The standard InChI is InChI=1S/C20H33N3O2/c1-19(2)14-17(20(3,4)23(19)25)22-18(24)12-11-16(21-5)13-15-9-7-6-8-10-15/h6-10,16-17,21,25H,11-14H2,1-5H3,(H,22,24).